The van der Waals surface area contributed by atoms with Crippen LogP contribution >= 0.6 is 0 Å². The van der Waals surface area contributed by atoms with Gasteiger partial charge in [-0.1, -0.05) is 18.2 Å². The number of ether oxygens (including phenoxy) is 1. The maximum atomic E-state index is 13.6. The number of para-hydroxylation sites is 1. The van der Waals surface area contributed by atoms with Crippen LogP contribution in [0.25, 0.3) is 0 Å². The summed E-state index contributed by atoms with van der Waals surface area (Å²) >= 11 is 0. The van der Waals surface area contributed by atoms with Crippen molar-refractivity contribution in [3.05, 3.63) is 59.4 Å². The predicted molar refractivity (Wildman–Crippen MR) is 77.5 cm³/mol. The topological polar surface area (TPSA) is 45.0 Å². The normalized spacial score (nSPS) is 13.7. The van der Waals surface area contributed by atoms with Gasteiger partial charge in [-0.05, 0) is 42.7 Å². The van der Waals surface area contributed by atoms with E-state index in [1.165, 1.54) is 18.9 Å². The SMILES string of the molecule is N#Cc1cc(CNC2CC2)ccc1Oc1ccccc1F. The van der Waals surface area contributed by atoms with Crippen LogP contribution in [0.1, 0.15) is 24.0 Å². The third-order valence-electron chi connectivity index (χ3n) is 3.39. The Hall–Kier alpha value is -2.38. The molecular weight excluding hydrogens is 267 g/mol. The summed E-state index contributed by atoms with van der Waals surface area (Å²) in [6.45, 7) is 0.735. The van der Waals surface area contributed by atoms with Gasteiger partial charge >= 0.3 is 0 Å². The lowest BCUT2D eigenvalue weighted by atomic mass is 10.1. The van der Waals surface area contributed by atoms with Crippen molar-refractivity contribution in [1.29, 1.82) is 5.26 Å². The highest BCUT2D eigenvalue weighted by Gasteiger charge is 2.20. The van der Waals surface area contributed by atoms with E-state index in [4.69, 9.17) is 4.74 Å². The van der Waals surface area contributed by atoms with E-state index in [2.05, 4.69) is 11.4 Å². The summed E-state index contributed by atoms with van der Waals surface area (Å²) in [4.78, 5) is 0. The third kappa shape index (κ3) is 3.39. The minimum atomic E-state index is -0.444. The minimum absolute atomic E-state index is 0.123. The molecular formula is C17H15FN2O. The molecule has 0 amide bonds. The van der Waals surface area contributed by atoms with Crippen LogP contribution in [0.4, 0.5) is 4.39 Å². The first-order chi connectivity index (χ1) is 10.3. The summed E-state index contributed by atoms with van der Waals surface area (Å²) in [7, 11) is 0. The number of nitrogens with one attached hydrogen (secondary N) is 1. The molecule has 3 rings (SSSR count). The van der Waals surface area contributed by atoms with Gasteiger partial charge in [0.15, 0.2) is 11.6 Å². The van der Waals surface area contributed by atoms with Crippen LogP contribution in [0, 0.1) is 17.1 Å². The Labute approximate surface area is 123 Å². The molecule has 1 fully saturated rings. The second-order valence-electron chi connectivity index (χ2n) is 5.13. The molecule has 1 aliphatic rings. The molecule has 21 heavy (non-hydrogen) atoms. The van der Waals surface area contributed by atoms with Crippen molar-refractivity contribution in [1.82, 2.24) is 5.32 Å². The second-order valence-corrected chi connectivity index (χ2v) is 5.13. The second kappa shape index (κ2) is 5.94. The average Bonchev–Trinajstić information content (AvgIpc) is 3.32. The molecule has 0 spiro atoms. The van der Waals surface area contributed by atoms with Crippen molar-refractivity contribution in [2.75, 3.05) is 0 Å². The molecule has 1 aliphatic carbocycles. The molecule has 1 saturated carbocycles. The maximum Gasteiger partial charge on any atom is 0.165 e. The van der Waals surface area contributed by atoms with Crippen LogP contribution in [0.3, 0.4) is 0 Å². The zero-order chi connectivity index (χ0) is 14.7. The Morgan fingerprint density at radius 1 is 1.19 bits per heavy atom. The maximum absolute atomic E-state index is 13.6. The van der Waals surface area contributed by atoms with E-state index in [1.807, 2.05) is 6.07 Å². The molecule has 0 aliphatic heterocycles. The minimum Gasteiger partial charge on any atom is -0.453 e. The highest BCUT2D eigenvalue weighted by Crippen LogP contribution is 2.28. The van der Waals surface area contributed by atoms with Crippen LogP contribution in [0.2, 0.25) is 0 Å². The van der Waals surface area contributed by atoms with E-state index in [0.29, 0.717) is 17.4 Å². The first-order valence-electron chi connectivity index (χ1n) is 6.95. The van der Waals surface area contributed by atoms with Gasteiger partial charge in [-0.3, -0.25) is 0 Å². The van der Waals surface area contributed by atoms with Gasteiger partial charge in [0.2, 0.25) is 0 Å². The van der Waals surface area contributed by atoms with Gasteiger partial charge in [0.25, 0.3) is 0 Å². The summed E-state index contributed by atoms with van der Waals surface area (Å²) in [5, 5.41) is 12.6. The molecule has 0 aromatic heterocycles. The van der Waals surface area contributed by atoms with Gasteiger partial charge < -0.3 is 10.1 Å². The standard InChI is InChI=1S/C17H15FN2O/c18-15-3-1-2-4-17(15)21-16-8-5-12(9-13(16)10-19)11-20-14-6-7-14/h1-5,8-9,14,20H,6-7,11H2. The number of hydrogen-bond donors (Lipinski definition) is 1. The van der Waals surface area contributed by atoms with Crippen LogP contribution in [-0.4, -0.2) is 6.04 Å². The quantitative estimate of drug-likeness (QED) is 0.908. The first-order valence-corrected chi connectivity index (χ1v) is 6.95. The summed E-state index contributed by atoms with van der Waals surface area (Å²) < 4.78 is 19.1. The summed E-state index contributed by atoms with van der Waals surface area (Å²) in [5.74, 6) is 0.0523. The fourth-order valence-electron chi connectivity index (χ4n) is 2.06. The smallest absolute Gasteiger partial charge is 0.165 e. The van der Waals surface area contributed by atoms with Gasteiger partial charge in [0.05, 0.1) is 5.56 Å². The van der Waals surface area contributed by atoms with Gasteiger partial charge in [0.1, 0.15) is 11.8 Å². The fourth-order valence-corrected chi connectivity index (χ4v) is 2.06. The number of halogens is 1. The Bertz CT molecular complexity index is 689. The molecule has 4 heteroatoms. The van der Waals surface area contributed by atoms with Crippen molar-refractivity contribution in [3.8, 4) is 17.6 Å². The first kappa shape index (κ1) is 13.6. The lowest BCUT2D eigenvalue weighted by Gasteiger charge is -2.10. The van der Waals surface area contributed by atoms with Crippen molar-refractivity contribution in [3.63, 3.8) is 0 Å². The Morgan fingerprint density at radius 3 is 2.71 bits per heavy atom. The lowest BCUT2D eigenvalue weighted by molar-refractivity contribution is 0.441. The van der Waals surface area contributed by atoms with Crippen LogP contribution in [-0.2, 0) is 6.54 Å². The Kier molecular flexibility index (Phi) is 3.85. The molecule has 0 bridgehead atoms. The van der Waals surface area contributed by atoms with E-state index in [-0.39, 0.29) is 5.75 Å². The Balaban J connectivity index is 1.78. The molecule has 0 atom stereocenters. The molecule has 0 unspecified atom stereocenters. The molecule has 2 aromatic carbocycles. The number of benzene rings is 2. The Morgan fingerprint density at radius 2 is 2.00 bits per heavy atom. The molecule has 0 heterocycles. The predicted octanol–water partition coefficient (Wildman–Crippen LogP) is 3.74. The molecule has 1 N–H and O–H groups in total. The van der Waals surface area contributed by atoms with Gasteiger partial charge in [-0.2, -0.15) is 5.26 Å². The van der Waals surface area contributed by atoms with Crippen LogP contribution < -0.4 is 10.1 Å². The van der Waals surface area contributed by atoms with Crippen molar-refractivity contribution in [2.24, 2.45) is 0 Å². The van der Waals surface area contributed by atoms with E-state index < -0.39 is 5.82 Å². The highest BCUT2D eigenvalue weighted by atomic mass is 19.1. The number of hydrogen-bond acceptors (Lipinski definition) is 3. The zero-order valence-corrected chi connectivity index (χ0v) is 11.5. The van der Waals surface area contributed by atoms with E-state index in [0.717, 1.165) is 12.1 Å². The van der Waals surface area contributed by atoms with Crippen molar-refractivity contribution >= 4 is 0 Å². The highest BCUT2D eigenvalue weighted by molar-refractivity contribution is 5.47. The van der Waals surface area contributed by atoms with Crippen LogP contribution in [0.5, 0.6) is 11.5 Å². The third-order valence-corrected chi connectivity index (χ3v) is 3.39. The van der Waals surface area contributed by atoms with Gasteiger partial charge in [0, 0.05) is 12.6 Å². The summed E-state index contributed by atoms with van der Waals surface area (Å²) in [5.41, 5.74) is 1.44. The zero-order valence-electron chi connectivity index (χ0n) is 11.5. The number of nitriles is 1. The number of rotatable bonds is 5. The van der Waals surface area contributed by atoms with E-state index in [1.54, 1.807) is 30.3 Å². The fraction of sp³-hybridized carbons (Fsp3) is 0.235. The monoisotopic (exact) mass is 282 g/mol. The molecule has 0 saturated heterocycles. The molecule has 106 valence electrons. The van der Waals surface area contributed by atoms with Crippen LogP contribution in [0.15, 0.2) is 42.5 Å². The van der Waals surface area contributed by atoms with Crippen molar-refractivity contribution in [2.45, 2.75) is 25.4 Å². The summed E-state index contributed by atoms with van der Waals surface area (Å²) in [6.07, 6.45) is 2.44. The molecule has 0 radical (unpaired) electrons. The average molecular weight is 282 g/mol. The molecule has 2 aromatic rings. The largest absolute Gasteiger partial charge is 0.453 e. The van der Waals surface area contributed by atoms with Gasteiger partial charge in [-0.25, -0.2) is 4.39 Å². The van der Waals surface area contributed by atoms with Crippen molar-refractivity contribution < 1.29 is 9.13 Å². The lowest BCUT2D eigenvalue weighted by Crippen LogP contribution is -2.15. The van der Waals surface area contributed by atoms with E-state index >= 15 is 0 Å². The van der Waals surface area contributed by atoms with Gasteiger partial charge in [-0.15, -0.1) is 0 Å². The molecule has 3 nitrogen and oxygen atoms in total. The van der Waals surface area contributed by atoms with E-state index in [9.17, 15) is 9.65 Å². The number of nitrogens with zero attached hydrogens (tertiary/aromatic N) is 1. The summed E-state index contributed by atoms with van der Waals surface area (Å²) in [6, 6.07) is 14.3.